The summed E-state index contributed by atoms with van der Waals surface area (Å²) in [5, 5.41) is 0. The number of unbranched alkanes of at least 4 members (excludes halogenated alkanes) is 1. The summed E-state index contributed by atoms with van der Waals surface area (Å²) in [7, 11) is 0. The molecule has 0 amide bonds. The molecule has 0 aliphatic rings. The molecule has 0 radical (unpaired) electrons. The molecule has 2 rings (SSSR count). The number of hydrogen-bond donors (Lipinski definition) is 1. The number of imidazole rings is 1. The molecule has 4 heteroatoms. The zero-order valence-corrected chi connectivity index (χ0v) is 12.5. The molecule has 20 heavy (non-hydrogen) atoms. The third kappa shape index (κ3) is 3.38. The van der Waals surface area contributed by atoms with Crippen molar-refractivity contribution in [2.24, 2.45) is 5.73 Å². The maximum Gasteiger partial charge on any atom is 0.126 e. The number of ether oxygens (including phenoxy) is 1. The maximum absolute atomic E-state index is 6.33. The number of para-hydroxylation sites is 2. The highest BCUT2D eigenvalue weighted by Gasteiger charge is 2.16. The number of nitrogens with zero attached hydrogens (tertiary/aromatic N) is 2. The highest BCUT2D eigenvalue weighted by atomic mass is 16.5. The predicted molar refractivity (Wildman–Crippen MR) is 82.7 cm³/mol. The van der Waals surface area contributed by atoms with Gasteiger partial charge in [-0.05, 0) is 25.5 Å². The van der Waals surface area contributed by atoms with Crippen molar-refractivity contribution in [2.45, 2.75) is 45.7 Å². The lowest BCUT2D eigenvalue weighted by atomic mass is 10.1. The van der Waals surface area contributed by atoms with E-state index in [1.807, 2.05) is 25.1 Å². The zero-order valence-electron chi connectivity index (χ0n) is 12.5. The van der Waals surface area contributed by atoms with Crippen molar-refractivity contribution in [3.05, 3.63) is 30.1 Å². The Balaban J connectivity index is 2.28. The number of rotatable bonds is 8. The van der Waals surface area contributed by atoms with Gasteiger partial charge in [-0.2, -0.15) is 0 Å². The molecule has 0 saturated heterocycles. The molecule has 0 fully saturated rings. The Morgan fingerprint density at radius 2 is 2.10 bits per heavy atom. The van der Waals surface area contributed by atoms with Crippen LogP contribution in [0, 0.1) is 0 Å². The van der Waals surface area contributed by atoms with Crippen LogP contribution in [-0.2, 0) is 11.3 Å². The maximum atomic E-state index is 6.33. The predicted octanol–water partition coefficient (Wildman–Crippen LogP) is 3.26. The largest absolute Gasteiger partial charge is 0.380 e. The number of hydrogen-bond acceptors (Lipinski definition) is 3. The lowest BCUT2D eigenvalue weighted by Gasteiger charge is -2.14. The van der Waals surface area contributed by atoms with Crippen LogP contribution in [-0.4, -0.2) is 22.8 Å². The molecule has 1 aromatic heterocycles. The fourth-order valence-corrected chi connectivity index (χ4v) is 2.47. The summed E-state index contributed by atoms with van der Waals surface area (Å²) in [5.74, 6) is 0.986. The summed E-state index contributed by atoms with van der Waals surface area (Å²) >= 11 is 0. The highest BCUT2D eigenvalue weighted by Crippen LogP contribution is 2.22. The first-order valence-corrected chi connectivity index (χ1v) is 7.56. The number of nitrogens with two attached hydrogens (primary N) is 1. The topological polar surface area (TPSA) is 53.1 Å². The van der Waals surface area contributed by atoms with Gasteiger partial charge >= 0.3 is 0 Å². The Hall–Kier alpha value is -1.39. The van der Waals surface area contributed by atoms with E-state index in [1.54, 1.807) is 0 Å². The molecule has 0 saturated carbocycles. The molecule has 2 N–H and O–H groups in total. The van der Waals surface area contributed by atoms with E-state index >= 15 is 0 Å². The van der Waals surface area contributed by atoms with E-state index in [2.05, 4.69) is 17.6 Å². The molecule has 0 aliphatic heterocycles. The first-order chi connectivity index (χ1) is 9.77. The molecule has 1 heterocycles. The summed E-state index contributed by atoms with van der Waals surface area (Å²) < 4.78 is 7.70. The molecule has 4 nitrogen and oxygen atoms in total. The second-order valence-electron chi connectivity index (χ2n) is 5.06. The van der Waals surface area contributed by atoms with Crippen molar-refractivity contribution in [1.82, 2.24) is 9.55 Å². The zero-order chi connectivity index (χ0) is 14.4. The number of aromatic nitrogens is 2. The average molecular weight is 275 g/mol. The standard InChI is InChI=1S/C16H25N3O/c1-3-5-8-13(17)16-18-14-9-6-7-10-15(14)19(16)11-12-20-4-2/h6-7,9-10,13H,3-5,8,11-12,17H2,1-2H3. The van der Waals surface area contributed by atoms with Crippen LogP contribution in [0.5, 0.6) is 0 Å². The van der Waals surface area contributed by atoms with Crippen molar-refractivity contribution >= 4 is 11.0 Å². The molecule has 110 valence electrons. The van der Waals surface area contributed by atoms with Crippen molar-refractivity contribution in [3.63, 3.8) is 0 Å². The van der Waals surface area contributed by atoms with E-state index in [-0.39, 0.29) is 6.04 Å². The van der Waals surface area contributed by atoms with Crippen LogP contribution in [0.3, 0.4) is 0 Å². The Morgan fingerprint density at radius 1 is 1.30 bits per heavy atom. The van der Waals surface area contributed by atoms with Gasteiger partial charge in [-0.15, -0.1) is 0 Å². The fraction of sp³-hybridized carbons (Fsp3) is 0.562. The van der Waals surface area contributed by atoms with Gasteiger partial charge in [0.25, 0.3) is 0 Å². The number of fused-ring (bicyclic) bond motifs is 1. The molecule has 0 spiro atoms. The molecule has 2 aromatic rings. The average Bonchev–Trinajstić information content (AvgIpc) is 2.84. The van der Waals surface area contributed by atoms with Gasteiger partial charge in [0.15, 0.2) is 0 Å². The Bertz CT molecular complexity index is 536. The Kier molecular flexibility index (Phi) is 5.56. The molecule has 1 unspecified atom stereocenters. The molecular weight excluding hydrogens is 250 g/mol. The van der Waals surface area contributed by atoms with Gasteiger partial charge in [0, 0.05) is 13.2 Å². The van der Waals surface area contributed by atoms with Gasteiger partial charge in [-0.25, -0.2) is 4.98 Å². The minimum atomic E-state index is 0.00368. The summed E-state index contributed by atoms with van der Waals surface area (Å²) in [6.07, 6.45) is 3.27. The van der Waals surface area contributed by atoms with Crippen LogP contribution in [0.4, 0.5) is 0 Å². The second-order valence-corrected chi connectivity index (χ2v) is 5.06. The summed E-state index contributed by atoms with van der Waals surface area (Å²) in [6, 6.07) is 8.21. The summed E-state index contributed by atoms with van der Waals surface area (Å²) in [4.78, 5) is 4.73. The second kappa shape index (κ2) is 7.41. The van der Waals surface area contributed by atoms with E-state index in [0.717, 1.165) is 49.3 Å². The van der Waals surface area contributed by atoms with Crippen LogP contribution in [0.15, 0.2) is 24.3 Å². The summed E-state index contributed by atoms with van der Waals surface area (Å²) in [5.41, 5.74) is 8.49. The SMILES string of the molecule is CCCCC(N)c1nc2ccccc2n1CCOCC. The van der Waals surface area contributed by atoms with Crippen LogP contribution < -0.4 is 5.73 Å². The van der Waals surface area contributed by atoms with Crippen LogP contribution in [0.25, 0.3) is 11.0 Å². The van der Waals surface area contributed by atoms with Gasteiger partial charge in [0.2, 0.25) is 0 Å². The van der Waals surface area contributed by atoms with E-state index in [0.29, 0.717) is 6.61 Å². The minimum Gasteiger partial charge on any atom is -0.380 e. The molecule has 1 atom stereocenters. The number of benzene rings is 1. The van der Waals surface area contributed by atoms with E-state index in [1.165, 1.54) is 0 Å². The monoisotopic (exact) mass is 275 g/mol. The molecular formula is C16H25N3O. The first-order valence-electron chi connectivity index (χ1n) is 7.56. The van der Waals surface area contributed by atoms with Crippen molar-refractivity contribution < 1.29 is 4.74 Å². The Labute approximate surface area is 120 Å². The fourth-order valence-electron chi connectivity index (χ4n) is 2.47. The third-order valence-electron chi connectivity index (χ3n) is 3.55. The van der Waals surface area contributed by atoms with Crippen LogP contribution in [0.2, 0.25) is 0 Å². The quantitative estimate of drug-likeness (QED) is 0.752. The van der Waals surface area contributed by atoms with Crippen molar-refractivity contribution in [2.75, 3.05) is 13.2 Å². The van der Waals surface area contributed by atoms with Crippen LogP contribution in [0.1, 0.15) is 45.0 Å². The van der Waals surface area contributed by atoms with Crippen molar-refractivity contribution in [1.29, 1.82) is 0 Å². The molecule has 0 aliphatic carbocycles. The van der Waals surface area contributed by atoms with E-state index in [9.17, 15) is 0 Å². The van der Waals surface area contributed by atoms with Crippen LogP contribution >= 0.6 is 0 Å². The van der Waals surface area contributed by atoms with E-state index < -0.39 is 0 Å². The normalized spacial score (nSPS) is 12.9. The van der Waals surface area contributed by atoms with Gasteiger partial charge in [-0.1, -0.05) is 31.9 Å². The first kappa shape index (κ1) is 15.0. The Morgan fingerprint density at radius 3 is 2.85 bits per heavy atom. The van der Waals surface area contributed by atoms with Gasteiger partial charge in [-0.3, -0.25) is 0 Å². The highest BCUT2D eigenvalue weighted by molar-refractivity contribution is 5.76. The molecule has 1 aromatic carbocycles. The molecule has 0 bridgehead atoms. The van der Waals surface area contributed by atoms with Gasteiger partial charge < -0.3 is 15.0 Å². The smallest absolute Gasteiger partial charge is 0.126 e. The van der Waals surface area contributed by atoms with E-state index in [4.69, 9.17) is 15.5 Å². The minimum absolute atomic E-state index is 0.00368. The lowest BCUT2D eigenvalue weighted by molar-refractivity contribution is 0.139. The third-order valence-corrected chi connectivity index (χ3v) is 3.55. The lowest BCUT2D eigenvalue weighted by Crippen LogP contribution is -2.18. The van der Waals surface area contributed by atoms with Gasteiger partial charge in [0.1, 0.15) is 5.82 Å². The van der Waals surface area contributed by atoms with Gasteiger partial charge in [0.05, 0.1) is 23.7 Å². The summed E-state index contributed by atoms with van der Waals surface area (Å²) in [6.45, 7) is 6.45. The van der Waals surface area contributed by atoms with Crippen molar-refractivity contribution in [3.8, 4) is 0 Å².